The summed E-state index contributed by atoms with van der Waals surface area (Å²) < 4.78 is 80.5. The number of anilines is 1. The fraction of sp³-hybridized carbons (Fsp3) is 0.426. The lowest BCUT2D eigenvalue weighted by molar-refractivity contribution is -0.173. The molecule has 0 radical (unpaired) electrons. The molecule has 1 aromatic heterocycles. The number of methoxy groups -OCH3 is 2. The van der Waals surface area contributed by atoms with E-state index in [1.54, 1.807) is 50.7 Å². The first-order valence-electron chi connectivity index (χ1n) is 24.3. The lowest BCUT2D eigenvalue weighted by atomic mass is 9.80. The molecule has 6 rings (SSSR count). The van der Waals surface area contributed by atoms with Gasteiger partial charge < -0.3 is 38.6 Å². The molecule has 4 atom stereocenters. The Balaban J connectivity index is 1.39. The zero-order chi connectivity index (χ0) is 52.5. The molecule has 2 N–H and O–H groups in total. The van der Waals surface area contributed by atoms with E-state index in [1.165, 1.54) is 4.57 Å². The van der Waals surface area contributed by atoms with Crippen LogP contribution in [0.3, 0.4) is 0 Å². The van der Waals surface area contributed by atoms with Crippen LogP contribution in [0.5, 0.6) is 11.5 Å². The molecule has 1 unspecified atom stereocenters. The zero-order valence-corrected chi connectivity index (χ0v) is 42.9. The van der Waals surface area contributed by atoms with Crippen molar-refractivity contribution < 1.29 is 50.8 Å². The van der Waals surface area contributed by atoms with Gasteiger partial charge in [0.2, 0.25) is 0 Å². The van der Waals surface area contributed by atoms with Crippen LogP contribution in [-0.4, -0.2) is 90.5 Å². The number of carbonyl (C=O) groups excluding carboxylic acids is 2. The average molecular weight is 1030 g/mol. The van der Waals surface area contributed by atoms with E-state index < -0.39 is 56.2 Å². The lowest BCUT2D eigenvalue weighted by Gasteiger charge is -2.39. The predicted molar refractivity (Wildman–Crippen MR) is 271 cm³/mol. The highest BCUT2D eigenvalue weighted by Crippen LogP contribution is 2.51. The van der Waals surface area contributed by atoms with E-state index in [9.17, 15) is 32.8 Å². The van der Waals surface area contributed by atoms with Crippen LogP contribution in [-0.2, 0) is 35.3 Å². The molecule has 0 aliphatic carbocycles. The molecule has 1 fully saturated rings. The Morgan fingerprint density at radius 3 is 1.99 bits per heavy atom. The van der Waals surface area contributed by atoms with Crippen LogP contribution in [0, 0.1) is 11.3 Å². The number of unbranched alkanes of at least 4 members (excludes halogenated alkanes) is 3. The van der Waals surface area contributed by atoms with Crippen molar-refractivity contribution in [2.24, 2.45) is 0 Å². The first-order chi connectivity index (χ1) is 35.1. The summed E-state index contributed by atoms with van der Waals surface area (Å²) >= 11 is 0. The number of benzene rings is 4. The standard InChI is InChI=1S/C54H64F3N6O9P/c1-37(2)63(38(3)4)73(70-33-17-31-58)72-46-34-48(62-35-40(20-11-7-8-16-32-59-51(65)54(55,56)57)49(61-52(62)66)60-50(64)39-18-12-9-13-19-39)71-47(46)36-69-53(41-21-14-10-15-22-41,42-23-27-44(67-5)28-24-42)43-25-29-45(68-6)30-26-43/h9-10,12-15,18-19,21-30,35,37-38,46-48H,7-8,11,16-17,20,32-34,36H2,1-6H3,(H,59,65)(H,60,61,64,66)/t46-,47+,48+,73?/m0/s1. The Morgan fingerprint density at radius 1 is 0.849 bits per heavy atom. The maximum atomic E-state index is 14.3. The summed E-state index contributed by atoms with van der Waals surface area (Å²) in [6.45, 7) is 8.06. The van der Waals surface area contributed by atoms with E-state index in [4.69, 9.17) is 28.0 Å². The number of hydrogen-bond donors (Lipinski definition) is 2. The van der Waals surface area contributed by atoms with Crippen LogP contribution in [0.25, 0.3) is 0 Å². The first kappa shape index (κ1) is 56.1. The van der Waals surface area contributed by atoms with Gasteiger partial charge in [-0.3, -0.25) is 14.2 Å². The summed E-state index contributed by atoms with van der Waals surface area (Å²) in [6, 6.07) is 35.6. The van der Waals surface area contributed by atoms with E-state index >= 15 is 0 Å². The van der Waals surface area contributed by atoms with Crippen molar-refractivity contribution in [3.8, 4) is 17.6 Å². The van der Waals surface area contributed by atoms with Gasteiger partial charge in [-0.25, -0.2) is 9.46 Å². The number of halogens is 3. The highest BCUT2D eigenvalue weighted by molar-refractivity contribution is 7.44. The molecule has 1 aliphatic heterocycles. The second-order valence-electron chi connectivity index (χ2n) is 17.9. The van der Waals surface area contributed by atoms with Crippen LogP contribution < -0.4 is 25.8 Å². The van der Waals surface area contributed by atoms with E-state index in [-0.39, 0.29) is 50.5 Å². The molecule has 2 amide bonds. The Morgan fingerprint density at radius 2 is 1.42 bits per heavy atom. The minimum absolute atomic E-state index is 0.0245. The fourth-order valence-electron chi connectivity index (χ4n) is 8.70. The van der Waals surface area contributed by atoms with Crippen LogP contribution in [0.15, 0.2) is 120 Å². The van der Waals surface area contributed by atoms with Crippen molar-refractivity contribution in [1.29, 1.82) is 5.26 Å². The van der Waals surface area contributed by atoms with Crippen molar-refractivity contribution in [3.63, 3.8) is 0 Å². The molecule has 0 spiro atoms. The molecule has 73 heavy (non-hydrogen) atoms. The van der Waals surface area contributed by atoms with Gasteiger partial charge in [0.05, 0.1) is 46.0 Å². The predicted octanol–water partition coefficient (Wildman–Crippen LogP) is 10.3. The van der Waals surface area contributed by atoms with Gasteiger partial charge >= 0.3 is 17.8 Å². The third-order valence-electron chi connectivity index (χ3n) is 12.2. The number of nitrogens with one attached hydrogen (secondary N) is 2. The molecular formula is C54H64F3N6O9P. The van der Waals surface area contributed by atoms with E-state index in [0.717, 1.165) is 16.7 Å². The molecule has 0 bridgehead atoms. The number of ether oxygens (including phenoxy) is 4. The minimum atomic E-state index is -4.96. The van der Waals surface area contributed by atoms with Crippen molar-refractivity contribution in [3.05, 3.63) is 154 Å². The van der Waals surface area contributed by atoms with Gasteiger partial charge in [-0.2, -0.15) is 23.4 Å². The SMILES string of the molecule is COc1ccc(C(OC[C@H]2O[C@@H](n3cc(CCCCCCNC(=O)C(F)(F)F)c(NC(=O)c4ccccc4)nc3=O)C[C@@H]2OP(OCCC#N)N(C(C)C)C(C)C)(c2ccccc2)c2ccc(OC)cc2)cc1. The maximum Gasteiger partial charge on any atom is 0.471 e. The Bertz CT molecular complexity index is 2580. The molecule has 0 saturated carbocycles. The van der Waals surface area contributed by atoms with Gasteiger partial charge in [-0.05, 0) is 100 Å². The Kier molecular flexibility index (Phi) is 20.5. The zero-order valence-electron chi connectivity index (χ0n) is 42.0. The van der Waals surface area contributed by atoms with Crippen LogP contribution >= 0.6 is 8.53 Å². The molecular weight excluding hydrogens is 965 g/mol. The first-order valence-corrected chi connectivity index (χ1v) is 25.4. The third kappa shape index (κ3) is 14.7. The molecule has 15 nitrogen and oxygen atoms in total. The van der Waals surface area contributed by atoms with Crippen molar-refractivity contribution in [1.82, 2.24) is 19.5 Å². The van der Waals surface area contributed by atoms with E-state index in [2.05, 4.69) is 21.0 Å². The molecule has 5 aromatic rings. The van der Waals surface area contributed by atoms with Crippen molar-refractivity contribution in [2.75, 3.05) is 39.3 Å². The largest absolute Gasteiger partial charge is 0.497 e. The average Bonchev–Trinajstić information content (AvgIpc) is 3.78. The number of alkyl halides is 3. The summed E-state index contributed by atoms with van der Waals surface area (Å²) in [5.41, 5.74) is 1.31. The second-order valence-corrected chi connectivity index (χ2v) is 19.3. The topological polar surface area (TPSA) is 175 Å². The number of rotatable bonds is 26. The normalized spacial score (nSPS) is 16.3. The van der Waals surface area contributed by atoms with Crippen LogP contribution in [0.2, 0.25) is 0 Å². The quantitative estimate of drug-likeness (QED) is 0.0305. The number of nitriles is 1. The van der Waals surface area contributed by atoms with Gasteiger partial charge in [0.25, 0.3) is 14.4 Å². The van der Waals surface area contributed by atoms with Gasteiger partial charge in [0, 0.05) is 42.4 Å². The molecule has 1 aliphatic rings. The van der Waals surface area contributed by atoms with Gasteiger partial charge in [-0.15, -0.1) is 0 Å². The highest BCUT2D eigenvalue weighted by Gasteiger charge is 2.45. The number of nitrogens with zero attached hydrogens (tertiary/aromatic N) is 4. The van der Waals surface area contributed by atoms with Crippen molar-refractivity contribution in [2.45, 2.75) is 115 Å². The molecule has 4 aromatic carbocycles. The summed E-state index contributed by atoms with van der Waals surface area (Å²) in [6.07, 6.45) is -3.38. The fourth-order valence-corrected chi connectivity index (χ4v) is 10.5. The van der Waals surface area contributed by atoms with E-state index in [0.29, 0.717) is 54.7 Å². The summed E-state index contributed by atoms with van der Waals surface area (Å²) in [4.78, 5) is 43.5. The van der Waals surface area contributed by atoms with Gasteiger partial charge in [0.1, 0.15) is 35.2 Å². The molecule has 19 heteroatoms. The monoisotopic (exact) mass is 1030 g/mol. The highest BCUT2D eigenvalue weighted by atomic mass is 31.2. The molecule has 390 valence electrons. The number of amides is 2. The van der Waals surface area contributed by atoms with Crippen LogP contribution in [0.1, 0.15) is 105 Å². The molecule has 1 saturated heterocycles. The summed E-state index contributed by atoms with van der Waals surface area (Å²) in [7, 11) is 1.39. The van der Waals surface area contributed by atoms with Crippen LogP contribution in [0.4, 0.5) is 19.0 Å². The number of aromatic nitrogens is 2. The Hall–Kier alpha value is -6.19. The smallest absolute Gasteiger partial charge is 0.471 e. The lowest BCUT2D eigenvalue weighted by Crippen LogP contribution is -2.39. The summed E-state index contributed by atoms with van der Waals surface area (Å²) in [5, 5.41) is 14.2. The number of aryl methyl sites for hydroxylation is 1. The minimum Gasteiger partial charge on any atom is -0.497 e. The summed E-state index contributed by atoms with van der Waals surface area (Å²) in [5.74, 6) is -1.10. The van der Waals surface area contributed by atoms with E-state index in [1.807, 2.05) is 112 Å². The van der Waals surface area contributed by atoms with Crippen molar-refractivity contribution >= 4 is 26.2 Å². The molecule has 2 heterocycles. The third-order valence-corrected chi connectivity index (χ3v) is 14.4. The van der Waals surface area contributed by atoms with Gasteiger partial charge in [0.15, 0.2) is 0 Å². The second kappa shape index (κ2) is 26.7. The number of carbonyl (C=O) groups is 2. The van der Waals surface area contributed by atoms with Gasteiger partial charge in [-0.1, -0.05) is 85.6 Å². The maximum absolute atomic E-state index is 14.3. The number of hydrogen-bond acceptors (Lipinski definition) is 12. The Labute approximate surface area is 425 Å².